The maximum absolute atomic E-state index is 13.1. The van der Waals surface area contributed by atoms with E-state index in [9.17, 15) is 5.11 Å². The van der Waals surface area contributed by atoms with Gasteiger partial charge in [0.1, 0.15) is 0 Å². The van der Waals surface area contributed by atoms with Crippen molar-refractivity contribution in [2.75, 3.05) is 0 Å². The van der Waals surface area contributed by atoms with Crippen LogP contribution in [-0.4, -0.2) is 0 Å². The Balaban J connectivity index is 3.10. The molecule has 0 N–H and O–H groups in total. The van der Waals surface area contributed by atoms with E-state index in [1.807, 2.05) is 0 Å². The highest BCUT2D eigenvalue weighted by atomic mass is 16.3. The van der Waals surface area contributed by atoms with Crippen LogP contribution in [-0.2, 0) is 43.6 Å². The molecule has 0 heterocycles. The van der Waals surface area contributed by atoms with Gasteiger partial charge in [0.15, 0.2) is 5.75 Å². The molecule has 0 aliphatic carbocycles. The number of fused-ring (bicyclic) bond motifs is 1. The first-order valence-electron chi connectivity index (χ1n) is 9.40. The van der Waals surface area contributed by atoms with Crippen molar-refractivity contribution in [3.05, 3.63) is 39.4 Å². The third kappa shape index (κ3) is 2.75. The number of hydrogen-bond donors (Lipinski definition) is 0. The average molecular weight is 311 g/mol. The van der Waals surface area contributed by atoms with E-state index in [-0.39, 0.29) is 5.75 Å². The van der Waals surface area contributed by atoms with Gasteiger partial charge < -0.3 is 0 Å². The molecular formula is C22H31O. The van der Waals surface area contributed by atoms with Gasteiger partial charge in [-0.25, -0.2) is 0 Å². The Kier molecular flexibility index (Phi) is 5.73. The average Bonchev–Trinajstić information content (AvgIpc) is 2.59. The first-order valence-corrected chi connectivity index (χ1v) is 9.40. The zero-order valence-corrected chi connectivity index (χ0v) is 15.7. The Morgan fingerprint density at radius 1 is 0.609 bits per heavy atom. The summed E-state index contributed by atoms with van der Waals surface area (Å²) in [6.45, 7) is 13.2. The van der Waals surface area contributed by atoms with Crippen LogP contribution in [0.3, 0.4) is 0 Å². The predicted octanol–water partition coefficient (Wildman–Crippen LogP) is 6.36. The SMILES string of the molecule is CCc1cc2c([O])c(CC)c(CC)c(CC)c2c(CC)c1CC. The van der Waals surface area contributed by atoms with Crippen molar-refractivity contribution in [2.24, 2.45) is 0 Å². The van der Waals surface area contributed by atoms with E-state index in [2.05, 4.69) is 47.6 Å². The number of rotatable bonds is 6. The molecule has 0 aliphatic rings. The van der Waals surface area contributed by atoms with Crippen LogP contribution in [0.4, 0.5) is 0 Å². The predicted molar refractivity (Wildman–Crippen MR) is 100 cm³/mol. The lowest BCUT2D eigenvalue weighted by molar-refractivity contribution is 0.355. The molecular weight excluding hydrogens is 280 g/mol. The van der Waals surface area contributed by atoms with Crippen LogP contribution in [0.15, 0.2) is 6.07 Å². The highest BCUT2D eigenvalue weighted by molar-refractivity contribution is 5.97. The largest absolute Gasteiger partial charge is 0.289 e. The van der Waals surface area contributed by atoms with E-state index in [1.165, 1.54) is 33.2 Å². The van der Waals surface area contributed by atoms with E-state index in [0.717, 1.165) is 49.5 Å². The molecule has 1 heteroatoms. The molecule has 0 atom stereocenters. The topological polar surface area (TPSA) is 19.9 Å². The summed E-state index contributed by atoms with van der Waals surface area (Å²) in [5.41, 5.74) is 8.05. The van der Waals surface area contributed by atoms with E-state index >= 15 is 0 Å². The van der Waals surface area contributed by atoms with Gasteiger partial charge in [-0.2, -0.15) is 0 Å². The van der Waals surface area contributed by atoms with Gasteiger partial charge in [0.25, 0.3) is 0 Å². The molecule has 0 aliphatic heterocycles. The summed E-state index contributed by atoms with van der Waals surface area (Å²) in [5, 5.41) is 15.4. The Morgan fingerprint density at radius 3 is 1.52 bits per heavy atom. The Labute approximate surface area is 141 Å². The molecule has 0 saturated carbocycles. The van der Waals surface area contributed by atoms with Crippen LogP contribution >= 0.6 is 0 Å². The minimum Gasteiger partial charge on any atom is -0.289 e. The normalized spacial score (nSPS) is 11.4. The summed E-state index contributed by atoms with van der Waals surface area (Å²) in [6, 6.07) is 2.20. The second-order valence-electron chi connectivity index (χ2n) is 6.30. The third-order valence-corrected chi connectivity index (χ3v) is 5.34. The number of aryl methyl sites for hydroxylation is 3. The summed E-state index contributed by atoms with van der Waals surface area (Å²) in [5.74, 6) is 0.281. The quantitative estimate of drug-likeness (QED) is 0.591. The fourth-order valence-electron chi connectivity index (χ4n) is 4.33. The van der Waals surface area contributed by atoms with Crippen LogP contribution < -0.4 is 0 Å². The third-order valence-electron chi connectivity index (χ3n) is 5.34. The summed E-state index contributed by atoms with van der Waals surface area (Å²) >= 11 is 0. The number of benzene rings is 2. The minimum absolute atomic E-state index is 0.281. The summed E-state index contributed by atoms with van der Waals surface area (Å²) in [4.78, 5) is 0. The highest BCUT2D eigenvalue weighted by Crippen LogP contribution is 2.41. The van der Waals surface area contributed by atoms with Crippen LogP contribution in [0, 0.1) is 0 Å². The standard InChI is InChI=1S/C22H31O/c1-7-14-13-20-21(17(10-4)15(14)8-2)18(11-5)16(9-3)19(12-6)22(20)23/h13H,7-12H2,1-6H3. The first-order chi connectivity index (χ1) is 11.1. The van der Waals surface area contributed by atoms with Gasteiger partial charge in [0.05, 0.1) is 0 Å². The molecule has 0 fully saturated rings. The molecule has 0 saturated heterocycles. The van der Waals surface area contributed by atoms with Crippen LogP contribution in [0.25, 0.3) is 10.8 Å². The smallest absolute Gasteiger partial charge is 0.189 e. The van der Waals surface area contributed by atoms with Gasteiger partial charge >= 0.3 is 0 Å². The zero-order chi connectivity index (χ0) is 17.1. The van der Waals surface area contributed by atoms with E-state index < -0.39 is 0 Å². The molecule has 23 heavy (non-hydrogen) atoms. The zero-order valence-electron chi connectivity index (χ0n) is 15.7. The van der Waals surface area contributed by atoms with Gasteiger partial charge in [-0.3, -0.25) is 5.11 Å². The highest BCUT2D eigenvalue weighted by Gasteiger charge is 2.21. The summed E-state index contributed by atoms with van der Waals surface area (Å²) < 4.78 is 0. The molecule has 2 aromatic carbocycles. The van der Waals surface area contributed by atoms with Crippen LogP contribution in [0.1, 0.15) is 74.9 Å². The van der Waals surface area contributed by atoms with Crippen LogP contribution in [0.2, 0.25) is 0 Å². The maximum Gasteiger partial charge on any atom is 0.189 e. The fraction of sp³-hybridized carbons (Fsp3) is 0.545. The molecule has 1 radical (unpaired) electrons. The van der Waals surface area contributed by atoms with Crippen LogP contribution in [0.5, 0.6) is 5.75 Å². The van der Waals surface area contributed by atoms with E-state index in [4.69, 9.17) is 0 Å². The van der Waals surface area contributed by atoms with Crippen molar-refractivity contribution in [3.8, 4) is 5.75 Å². The minimum atomic E-state index is 0.281. The van der Waals surface area contributed by atoms with Crippen molar-refractivity contribution in [3.63, 3.8) is 0 Å². The van der Waals surface area contributed by atoms with Gasteiger partial charge in [-0.1, -0.05) is 41.5 Å². The molecule has 2 aromatic rings. The second kappa shape index (κ2) is 7.38. The lowest BCUT2D eigenvalue weighted by Gasteiger charge is -2.22. The van der Waals surface area contributed by atoms with Gasteiger partial charge in [0, 0.05) is 10.9 Å². The van der Waals surface area contributed by atoms with Crippen molar-refractivity contribution < 1.29 is 5.11 Å². The Bertz CT molecular complexity index is 700. The summed E-state index contributed by atoms with van der Waals surface area (Å²) in [7, 11) is 0. The van der Waals surface area contributed by atoms with Gasteiger partial charge in [0.2, 0.25) is 0 Å². The second-order valence-corrected chi connectivity index (χ2v) is 6.30. The van der Waals surface area contributed by atoms with Crippen molar-refractivity contribution in [1.29, 1.82) is 0 Å². The molecule has 0 aromatic heterocycles. The number of hydrogen-bond acceptors (Lipinski definition) is 0. The monoisotopic (exact) mass is 311 g/mol. The Hall–Kier alpha value is -1.50. The molecule has 0 bridgehead atoms. The first kappa shape index (κ1) is 17.8. The molecule has 125 valence electrons. The van der Waals surface area contributed by atoms with Gasteiger partial charge in [-0.05, 0) is 77.8 Å². The molecule has 0 amide bonds. The van der Waals surface area contributed by atoms with E-state index in [0.29, 0.717) is 0 Å². The Morgan fingerprint density at radius 2 is 1.09 bits per heavy atom. The van der Waals surface area contributed by atoms with Gasteiger partial charge in [-0.15, -0.1) is 0 Å². The van der Waals surface area contributed by atoms with Crippen molar-refractivity contribution in [1.82, 2.24) is 0 Å². The fourth-order valence-corrected chi connectivity index (χ4v) is 4.33. The van der Waals surface area contributed by atoms with Crippen molar-refractivity contribution in [2.45, 2.75) is 80.1 Å². The maximum atomic E-state index is 13.1. The summed E-state index contributed by atoms with van der Waals surface area (Å²) in [6.07, 6.45) is 5.87. The lowest BCUT2D eigenvalue weighted by atomic mass is 9.82. The molecule has 0 unspecified atom stereocenters. The molecule has 2 rings (SSSR count). The lowest BCUT2D eigenvalue weighted by Crippen LogP contribution is -2.06. The van der Waals surface area contributed by atoms with Crippen molar-refractivity contribution >= 4 is 10.8 Å². The molecule has 0 spiro atoms. The molecule has 1 nitrogen and oxygen atoms in total. The van der Waals surface area contributed by atoms with E-state index in [1.54, 1.807) is 0 Å².